The van der Waals surface area contributed by atoms with Gasteiger partial charge in [0.15, 0.2) is 27.8 Å². The molecule has 3 N–H and O–H groups in total. The maximum atomic E-state index is 10.7. The van der Waals surface area contributed by atoms with Crippen molar-refractivity contribution in [2.24, 2.45) is 0 Å². The van der Waals surface area contributed by atoms with Crippen LogP contribution in [-0.4, -0.2) is 34.1 Å². The Kier molecular flexibility index (Phi) is 17.9. The van der Waals surface area contributed by atoms with Crippen LogP contribution >= 0.6 is 54.8 Å². The van der Waals surface area contributed by atoms with Gasteiger partial charge in [-0.05, 0) is 11.6 Å². The molecule has 0 aliphatic carbocycles. The van der Waals surface area contributed by atoms with Crippen LogP contribution in [0.4, 0.5) is 0 Å². The second-order valence-corrected chi connectivity index (χ2v) is 23.1. The van der Waals surface area contributed by atoms with Gasteiger partial charge >= 0.3 is 147 Å². The van der Waals surface area contributed by atoms with Crippen LogP contribution in [-0.2, 0) is 0 Å². The first kappa shape index (κ1) is 44.2. The van der Waals surface area contributed by atoms with Crippen molar-refractivity contribution >= 4 is 102 Å². The van der Waals surface area contributed by atoms with Gasteiger partial charge in [-0.1, -0.05) is 73.6 Å². The van der Waals surface area contributed by atoms with Crippen molar-refractivity contribution < 1.29 is 24.9 Å². The molecule has 3 heterocycles. The van der Waals surface area contributed by atoms with Crippen LogP contribution in [0.15, 0.2) is 171 Å². The molecular weight excluding hydrogens is 828 g/mol. The fourth-order valence-corrected chi connectivity index (χ4v) is 14.5. The molecule has 0 spiro atoms. The van der Waals surface area contributed by atoms with Crippen molar-refractivity contribution in [1.29, 1.82) is 0 Å². The molecule has 0 fully saturated rings. The zero-order valence-electron chi connectivity index (χ0n) is 30.0. The van der Waals surface area contributed by atoms with Gasteiger partial charge in [0.1, 0.15) is 0 Å². The number of carbonyl (C=O) groups is 2. The van der Waals surface area contributed by atoms with E-state index < -0.39 is 5.31 Å². The van der Waals surface area contributed by atoms with Gasteiger partial charge in [-0.25, -0.2) is 0 Å². The number of hydrogen-bond donors (Lipinski definition) is 3. The predicted octanol–water partition coefficient (Wildman–Crippen LogP) is 12.0. The molecule has 10 heteroatoms. The largest absolute Gasteiger partial charge is 0.499 e. The number of carbonyl (C=O) groups excluding carboxylic acids is 2. The van der Waals surface area contributed by atoms with Gasteiger partial charge in [0.2, 0.25) is 0 Å². The van der Waals surface area contributed by atoms with Gasteiger partial charge in [0.25, 0.3) is 0 Å². The molecule has 3 aromatic heterocycles. The number of aromatic hydroxyl groups is 3. The smallest absolute Gasteiger partial charge is 0.171 e. The van der Waals surface area contributed by atoms with Crippen molar-refractivity contribution in [3.63, 3.8) is 0 Å². The molecule has 3 aromatic carbocycles. The van der Waals surface area contributed by atoms with Crippen molar-refractivity contribution in [2.75, 3.05) is 6.16 Å². The summed E-state index contributed by atoms with van der Waals surface area (Å²) >= 11 is 7.86. The van der Waals surface area contributed by atoms with Gasteiger partial charge in [-0.15, -0.1) is 22.7 Å². The van der Waals surface area contributed by atoms with E-state index in [1.165, 1.54) is 39.4 Å². The summed E-state index contributed by atoms with van der Waals surface area (Å²) in [6.45, 7) is 14.7. The minimum atomic E-state index is -2.74. The fraction of sp³-hybridized carbons (Fsp3) is 0.0222. The van der Waals surface area contributed by atoms with E-state index in [4.69, 9.17) is 10.2 Å². The zero-order chi connectivity index (χ0) is 40.1. The Balaban J connectivity index is 0.000000216. The second kappa shape index (κ2) is 22.3. The van der Waals surface area contributed by atoms with E-state index >= 15 is 0 Å². The van der Waals surface area contributed by atoms with Crippen LogP contribution in [0.1, 0.15) is 36.7 Å². The van der Waals surface area contributed by atoms with Crippen LogP contribution in [0, 0.1) is 0 Å². The quantitative estimate of drug-likeness (QED) is 0.0493. The summed E-state index contributed by atoms with van der Waals surface area (Å²) in [6, 6.07) is 35.5. The number of aldehydes is 2. The first-order chi connectivity index (χ1) is 26.6. The third kappa shape index (κ3) is 11.7. The average Bonchev–Trinajstić information content (AvgIpc) is 3.94. The first-order valence-corrected chi connectivity index (χ1v) is 23.6. The second-order valence-electron chi connectivity index (χ2n) is 11.3. The third-order valence-electron chi connectivity index (χ3n) is 7.83. The summed E-state index contributed by atoms with van der Waals surface area (Å²) in [5.41, 5.74) is 2.84. The van der Waals surface area contributed by atoms with Gasteiger partial charge in [0, 0.05) is 33.5 Å². The molecule has 0 bridgehead atoms. The molecule has 0 saturated heterocycles. The van der Waals surface area contributed by atoms with Crippen LogP contribution in [0.3, 0.4) is 0 Å². The van der Waals surface area contributed by atoms with E-state index in [9.17, 15) is 14.7 Å². The Morgan fingerprint density at radius 3 is 1.42 bits per heavy atom. The maximum absolute atomic E-state index is 10.7. The zero-order valence-corrected chi connectivity index (χ0v) is 34.9. The molecule has 0 amide bonds. The Morgan fingerprint density at radius 1 is 0.618 bits per heavy atom. The van der Waals surface area contributed by atoms with E-state index in [0.29, 0.717) is 32.9 Å². The molecule has 6 aromatic rings. The number of rotatable bonds is 12. The molecule has 55 heavy (non-hydrogen) atoms. The van der Waals surface area contributed by atoms with Crippen molar-refractivity contribution in [2.45, 2.75) is 0 Å². The van der Waals surface area contributed by atoms with Crippen molar-refractivity contribution in [3.8, 4) is 15.2 Å². The fourth-order valence-electron chi connectivity index (χ4n) is 5.31. The molecule has 6 rings (SSSR count). The Labute approximate surface area is 343 Å². The first-order valence-electron chi connectivity index (χ1n) is 16.6. The Hall–Kier alpha value is -5.15. The van der Waals surface area contributed by atoms with Gasteiger partial charge in [-0.2, -0.15) is 0 Å². The molecule has 0 aliphatic rings. The number of hydrogen-bond acceptors (Lipinski definition) is 8. The van der Waals surface area contributed by atoms with Crippen LogP contribution in [0.25, 0.3) is 18.2 Å². The van der Waals surface area contributed by atoms with Gasteiger partial charge in [0.05, 0.1) is 4.88 Å². The molecule has 5 nitrogen and oxygen atoms in total. The molecule has 282 valence electrons. The van der Waals surface area contributed by atoms with E-state index in [1.807, 2.05) is 23.6 Å². The molecule has 0 radical (unpaired) electrons. The number of benzene rings is 3. The minimum absolute atomic E-state index is 0.116. The standard InChI is InChI=1S/C21H20BrP.C11H10O2S.C8H8OS.C5H4O2S/c1-2-18-23(22,19-12-6-3-7-13-19,20-14-8-4-9-15-20)21-16-10-5-11-17-21;1-3-5-6-9-8(4-2)11(13)14-10(9)7-12;1-2-3-4-7-5-8(9)10-6-7;6-2-4-1-5(7)8-3-4/h2-17H,1,18H2;3-7,13H,1-2H2;2-6,9H,1H2;1-3,7H/b;6-5+;4-3+;. The summed E-state index contributed by atoms with van der Waals surface area (Å²) in [4.78, 5) is 21.1. The summed E-state index contributed by atoms with van der Waals surface area (Å²) in [5, 5.41) is 32.4. The summed E-state index contributed by atoms with van der Waals surface area (Å²) in [7, 11) is 0. The molecular formula is C45H42BrO5PS3. The van der Waals surface area contributed by atoms with Crippen molar-refractivity contribution in [3.05, 3.63) is 198 Å². The summed E-state index contributed by atoms with van der Waals surface area (Å²) in [6.07, 6.45) is 16.3. The van der Waals surface area contributed by atoms with Crippen LogP contribution in [0.5, 0.6) is 15.2 Å². The molecule has 0 saturated carbocycles. The minimum Gasteiger partial charge on any atom is -0.499 e. The van der Waals surface area contributed by atoms with E-state index in [-0.39, 0.29) is 10.1 Å². The maximum Gasteiger partial charge on any atom is 0.171 e. The SMILES string of the molecule is C=C/C=C/c1c(C=O)sc(O)c1C=C.C=C/C=C/c1csc(O)c1.C=CCP(Br)(c1ccccc1)(c1ccccc1)c1ccccc1.O=Cc1csc(O)c1. The molecule has 0 atom stereocenters. The van der Waals surface area contributed by atoms with Crippen LogP contribution < -0.4 is 15.9 Å². The molecule has 0 unspecified atom stereocenters. The van der Waals surface area contributed by atoms with Gasteiger partial charge < -0.3 is 15.3 Å². The van der Waals surface area contributed by atoms with Crippen molar-refractivity contribution in [1.82, 2.24) is 0 Å². The molecule has 0 aliphatic heterocycles. The average molecular weight is 870 g/mol. The number of allylic oxidation sites excluding steroid dienone is 5. The topological polar surface area (TPSA) is 94.8 Å². The Morgan fingerprint density at radius 2 is 1.07 bits per heavy atom. The van der Waals surface area contributed by atoms with Crippen LogP contribution in [0.2, 0.25) is 0 Å². The number of thiophene rings is 3. The van der Waals surface area contributed by atoms with Gasteiger partial charge in [-0.3, -0.25) is 9.59 Å². The third-order valence-corrected chi connectivity index (χ3v) is 19.9. The monoisotopic (exact) mass is 868 g/mol. The summed E-state index contributed by atoms with van der Waals surface area (Å²) in [5.74, 6) is 0. The summed E-state index contributed by atoms with van der Waals surface area (Å²) < 4.78 is 0. The van der Waals surface area contributed by atoms with E-state index in [0.717, 1.165) is 40.7 Å². The number of halogens is 1. The van der Waals surface area contributed by atoms with E-state index in [1.54, 1.807) is 35.8 Å². The van der Waals surface area contributed by atoms with E-state index in [2.05, 4.69) is 133 Å². The Bertz CT molecular complexity index is 2120. The normalized spacial score (nSPS) is 11.3. The predicted molar refractivity (Wildman–Crippen MR) is 246 cm³/mol.